The molecule has 0 N–H and O–H groups in total. The largest absolute Gasteiger partial charge is 0.380 e. The Bertz CT molecular complexity index is 142. The highest BCUT2D eigenvalue weighted by atomic mass is 32.1. The molecule has 0 radical (unpaired) electrons. The molecule has 0 aliphatic carbocycles. The molecule has 13 heavy (non-hydrogen) atoms. The quantitative estimate of drug-likeness (QED) is 0.500. The first kappa shape index (κ1) is 12.8. The van der Waals surface area contributed by atoms with Crippen molar-refractivity contribution in [2.24, 2.45) is 0 Å². The molecule has 0 spiro atoms. The van der Waals surface area contributed by atoms with Crippen LogP contribution in [0.5, 0.6) is 0 Å². The zero-order chi connectivity index (χ0) is 10.1. The van der Waals surface area contributed by atoms with E-state index in [4.69, 9.17) is 4.74 Å². The third-order valence-electron chi connectivity index (χ3n) is 1.77. The number of carbonyl (C=O) groups is 1. The van der Waals surface area contributed by atoms with Crippen molar-refractivity contribution in [1.82, 2.24) is 4.90 Å². The van der Waals surface area contributed by atoms with Crippen molar-refractivity contribution >= 4 is 18.5 Å². The lowest BCUT2D eigenvalue weighted by atomic mass is 10.4. The second-order valence-electron chi connectivity index (χ2n) is 2.64. The van der Waals surface area contributed by atoms with Crippen LogP contribution in [0.2, 0.25) is 0 Å². The Morgan fingerprint density at radius 2 is 2.15 bits per heavy atom. The molecule has 3 nitrogen and oxygen atoms in total. The van der Waals surface area contributed by atoms with Crippen LogP contribution in [0.1, 0.15) is 20.3 Å². The number of carbonyl (C=O) groups excluding carboxylic acids is 1. The van der Waals surface area contributed by atoms with Gasteiger partial charge in [-0.25, -0.2) is 0 Å². The van der Waals surface area contributed by atoms with E-state index in [1.165, 1.54) is 0 Å². The lowest BCUT2D eigenvalue weighted by Crippen LogP contribution is -2.33. The van der Waals surface area contributed by atoms with Gasteiger partial charge in [0.05, 0.1) is 6.61 Å². The van der Waals surface area contributed by atoms with Gasteiger partial charge in [0.15, 0.2) is 0 Å². The van der Waals surface area contributed by atoms with Crippen molar-refractivity contribution in [3.8, 4) is 0 Å². The highest BCUT2D eigenvalue weighted by molar-refractivity contribution is 7.80. The van der Waals surface area contributed by atoms with E-state index in [-0.39, 0.29) is 5.91 Å². The fraction of sp³-hybridized carbons (Fsp3) is 0.889. The summed E-state index contributed by atoms with van der Waals surface area (Å²) in [4.78, 5) is 13.2. The summed E-state index contributed by atoms with van der Waals surface area (Å²) in [6.45, 7) is 6.70. The summed E-state index contributed by atoms with van der Waals surface area (Å²) in [5, 5.41) is 0. The van der Waals surface area contributed by atoms with Gasteiger partial charge >= 0.3 is 0 Å². The summed E-state index contributed by atoms with van der Waals surface area (Å²) >= 11 is 4.02. The van der Waals surface area contributed by atoms with Crippen molar-refractivity contribution in [1.29, 1.82) is 0 Å². The molecule has 4 heteroatoms. The van der Waals surface area contributed by atoms with Crippen LogP contribution in [0.25, 0.3) is 0 Å². The lowest BCUT2D eigenvalue weighted by Gasteiger charge is -2.20. The van der Waals surface area contributed by atoms with Crippen molar-refractivity contribution in [2.45, 2.75) is 20.3 Å². The van der Waals surface area contributed by atoms with Crippen LogP contribution in [-0.2, 0) is 9.53 Å². The van der Waals surface area contributed by atoms with Crippen LogP contribution < -0.4 is 0 Å². The maximum atomic E-state index is 11.4. The first-order valence-electron chi connectivity index (χ1n) is 4.72. The van der Waals surface area contributed by atoms with Gasteiger partial charge in [0.2, 0.25) is 5.91 Å². The van der Waals surface area contributed by atoms with Crippen molar-refractivity contribution in [3.63, 3.8) is 0 Å². The molecular weight excluding hydrogens is 186 g/mol. The summed E-state index contributed by atoms with van der Waals surface area (Å²) in [7, 11) is 0. The second-order valence-corrected chi connectivity index (χ2v) is 3.09. The number of thiol groups is 1. The standard InChI is InChI=1S/C9H19NO2S/c1-3-10(6-7-12-4-2)9(11)5-8-13/h13H,3-8H2,1-2H3. The second kappa shape index (κ2) is 8.38. The molecule has 0 aliphatic heterocycles. The summed E-state index contributed by atoms with van der Waals surface area (Å²) in [5.41, 5.74) is 0. The first-order valence-corrected chi connectivity index (χ1v) is 5.35. The summed E-state index contributed by atoms with van der Waals surface area (Å²) in [5.74, 6) is 0.779. The maximum absolute atomic E-state index is 11.4. The van der Waals surface area contributed by atoms with Gasteiger partial charge in [0.1, 0.15) is 0 Å². The molecule has 0 rings (SSSR count). The molecule has 0 heterocycles. The summed E-state index contributed by atoms with van der Waals surface area (Å²) in [6.07, 6.45) is 0.517. The van der Waals surface area contributed by atoms with E-state index in [9.17, 15) is 4.79 Å². The van der Waals surface area contributed by atoms with Crippen LogP contribution in [0.4, 0.5) is 0 Å². The Balaban J connectivity index is 3.67. The minimum absolute atomic E-state index is 0.164. The normalized spacial score (nSPS) is 10.1. The molecular formula is C9H19NO2S. The number of ether oxygens (including phenoxy) is 1. The Morgan fingerprint density at radius 1 is 1.46 bits per heavy atom. The summed E-state index contributed by atoms with van der Waals surface area (Å²) < 4.78 is 5.18. The molecule has 0 aliphatic rings. The van der Waals surface area contributed by atoms with Gasteiger partial charge < -0.3 is 9.64 Å². The zero-order valence-electron chi connectivity index (χ0n) is 8.45. The molecule has 78 valence electrons. The topological polar surface area (TPSA) is 29.5 Å². The van der Waals surface area contributed by atoms with Crippen LogP contribution in [0.15, 0.2) is 0 Å². The molecule has 0 aromatic carbocycles. The fourth-order valence-corrected chi connectivity index (χ4v) is 1.22. The Morgan fingerprint density at radius 3 is 2.62 bits per heavy atom. The SMILES string of the molecule is CCOCCN(CC)C(=O)CCS. The van der Waals surface area contributed by atoms with Crippen molar-refractivity contribution < 1.29 is 9.53 Å². The minimum atomic E-state index is 0.164. The third-order valence-corrected chi connectivity index (χ3v) is 1.99. The molecule has 0 unspecified atom stereocenters. The van der Waals surface area contributed by atoms with Crippen molar-refractivity contribution in [3.05, 3.63) is 0 Å². The van der Waals surface area contributed by atoms with E-state index < -0.39 is 0 Å². The highest BCUT2D eigenvalue weighted by Gasteiger charge is 2.09. The number of nitrogens with zero attached hydrogens (tertiary/aromatic N) is 1. The Kier molecular flexibility index (Phi) is 8.24. The van der Waals surface area contributed by atoms with Crippen molar-refractivity contribution in [2.75, 3.05) is 32.1 Å². The maximum Gasteiger partial charge on any atom is 0.223 e. The van der Waals surface area contributed by atoms with Crippen LogP contribution in [0, 0.1) is 0 Å². The van der Waals surface area contributed by atoms with Crippen LogP contribution >= 0.6 is 12.6 Å². The average molecular weight is 205 g/mol. The lowest BCUT2D eigenvalue weighted by molar-refractivity contribution is -0.131. The van der Waals surface area contributed by atoms with Gasteiger partial charge in [-0.3, -0.25) is 4.79 Å². The van der Waals surface area contributed by atoms with Crippen LogP contribution in [0.3, 0.4) is 0 Å². The number of hydrogen-bond acceptors (Lipinski definition) is 3. The summed E-state index contributed by atoms with van der Waals surface area (Å²) in [6, 6.07) is 0. The average Bonchev–Trinajstić information content (AvgIpc) is 2.13. The van der Waals surface area contributed by atoms with E-state index in [0.717, 1.165) is 6.54 Å². The fourth-order valence-electron chi connectivity index (χ4n) is 1.03. The molecule has 0 atom stereocenters. The molecule has 0 saturated carbocycles. The molecule has 0 aromatic heterocycles. The van der Waals surface area contributed by atoms with Gasteiger partial charge in [-0.1, -0.05) is 0 Å². The van der Waals surface area contributed by atoms with E-state index in [1.807, 2.05) is 13.8 Å². The Hall–Kier alpha value is -0.220. The number of likely N-dealkylation sites (N-methyl/N-ethyl adjacent to an activating group) is 1. The third kappa shape index (κ3) is 5.93. The number of rotatable bonds is 7. The molecule has 0 bridgehead atoms. The Labute approximate surface area is 85.8 Å². The predicted molar refractivity (Wildman–Crippen MR) is 57.2 cm³/mol. The number of hydrogen-bond donors (Lipinski definition) is 1. The van der Waals surface area contributed by atoms with E-state index in [2.05, 4.69) is 12.6 Å². The number of amides is 1. The molecule has 0 aromatic rings. The van der Waals surface area contributed by atoms with Gasteiger partial charge in [0, 0.05) is 26.1 Å². The molecule has 0 saturated heterocycles. The van der Waals surface area contributed by atoms with E-state index in [0.29, 0.717) is 31.9 Å². The highest BCUT2D eigenvalue weighted by Crippen LogP contribution is 1.95. The smallest absolute Gasteiger partial charge is 0.223 e. The monoisotopic (exact) mass is 205 g/mol. The van der Waals surface area contributed by atoms with Gasteiger partial charge in [0.25, 0.3) is 0 Å². The zero-order valence-corrected chi connectivity index (χ0v) is 9.35. The van der Waals surface area contributed by atoms with Crippen LogP contribution in [-0.4, -0.2) is 42.9 Å². The molecule has 1 amide bonds. The predicted octanol–water partition coefficient (Wildman–Crippen LogP) is 1.19. The van der Waals surface area contributed by atoms with Gasteiger partial charge in [-0.2, -0.15) is 12.6 Å². The molecule has 0 fully saturated rings. The first-order chi connectivity index (χ1) is 6.26. The minimum Gasteiger partial charge on any atom is -0.380 e. The van der Waals surface area contributed by atoms with E-state index in [1.54, 1.807) is 4.90 Å². The van der Waals surface area contributed by atoms with E-state index >= 15 is 0 Å². The van der Waals surface area contributed by atoms with Gasteiger partial charge in [-0.15, -0.1) is 0 Å². The van der Waals surface area contributed by atoms with Gasteiger partial charge in [-0.05, 0) is 19.6 Å².